The third-order valence-electron chi connectivity index (χ3n) is 3.09. The summed E-state index contributed by atoms with van der Waals surface area (Å²) in [7, 11) is 0. The fourth-order valence-corrected chi connectivity index (χ4v) is 2.00. The number of rotatable bonds is 4. The number of anilines is 1. The maximum Gasteiger partial charge on any atom is 0.264 e. The molecule has 4 nitrogen and oxygen atoms in total. The monoisotopic (exact) mass is 265 g/mol. The Morgan fingerprint density at radius 1 is 0.950 bits per heavy atom. The van der Waals surface area contributed by atoms with Crippen molar-refractivity contribution < 1.29 is 4.52 Å². The lowest BCUT2D eigenvalue weighted by Gasteiger charge is -2.11. The summed E-state index contributed by atoms with van der Waals surface area (Å²) in [6.45, 7) is 2.06. The molecule has 0 amide bonds. The van der Waals surface area contributed by atoms with Crippen molar-refractivity contribution in [2.45, 2.75) is 13.0 Å². The predicted octanol–water partition coefficient (Wildman–Crippen LogP) is 3.91. The Labute approximate surface area is 117 Å². The number of nitrogens with zero attached hydrogens (tertiary/aromatic N) is 2. The highest BCUT2D eigenvalue weighted by Crippen LogP contribution is 2.21. The summed E-state index contributed by atoms with van der Waals surface area (Å²) < 4.78 is 5.26. The molecule has 3 aromatic rings. The van der Waals surface area contributed by atoms with Gasteiger partial charge in [0.2, 0.25) is 0 Å². The van der Waals surface area contributed by atoms with Crippen LogP contribution in [0.4, 0.5) is 5.95 Å². The van der Waals surface area contributed by atoms with E-state index in [1.54, 1.807) is 0 Å². The maximum absolute atomic E-state index is 5.26. The van der Waals surface area contributed by atoms with Gasteiger partial charge in [-0.3, -0.25) is 0 Å². The number of nitrogens with one attached hydrogen (secondary N) is 1. The Bertz CT molecular complexity index is 664. The molecule has 20 heavy (non-hydrogen) atoms. The van der Waals surface area contributed by atoms with Crippen LogP contribution in [0.15, 0.2) is 65.2 Å². The van der Waals surface area contributed by atoms with E-state index in [1.807, 2.05) is 48.5 Å². The first-order valence-electron chi connectivity index (χ1n) is 6.53. The molecule has 100 valence electrons. The lowest BCUT2D eigenvalue weighted by Crippen LogP contribution is -2.07. The Balaban J connectivity index is 1.75. The van der Waals surface area contributed by atoms with E-state index < -0.39 is 0 Å². The van der Waals surface area contributed by atoms with Crippen molar-refractivity contribution in [2.24, 2.45) is 0 Å². The molecule has 2 aromatic carbocycles. The third kappa shape index (κ3) is 2.69. The third-order valence-corrected chi connectivity index (χ3v) is 3.09. The van der Waals surface area contributed by atoms with Gasteiger partial charge in [0.1, 0.15) is 0 Å². The quantitative estimate of drug-likeness (QED) is 0.777. The lowest BCUT2D eigenvalue weighted by atomic mass is 10.1. The summed E-state index contributed by atoms with van der Waals surface area (Å²) in [5.41, 5.74) is 2.10. The Kier molecular flexibility index (Phi) is 3.46. The fourth-order valence-electron chi connectivity index (χ4n) is 2.00. The Morgan fingerprint density at radius 3 is 2.30 bits per heavy atom. The molecule has 0 aliphatic carbocycles. The van der Waals surface area contributed by atoms with Crippen LogP contribution in [-0.4, -0.2) is 10.1 Å². The number of aromatic nitrogens is 2. The van der Waals surface area contributed by atoms with Crippen molar-refractivity contribution in [1.29, 1.82) is 0 Å². The summed E-state index contributed by atoms with van der Waals surface area (Å²) in [5.74, 6) is 1.02. The number of hydrogen-bond donors (Lipinski definition) is 1. The molecular formula is C16H15N3O. The van der Waals surface area contributed by atoms with E-state index >= 15 is 0 Å². The largest absolute Gasteiger partial charge is 0.345 e. The van der Waals surface area contributed by atoms with Crippen molar-refractivity contribution in [1.82, 2.24) is 10.1 Å². The molecule has 0 aliphatic rings. The minimum absolute atomic E-state index is 0.123. The summed E-state index contributed by atoms with van der Waals surface area (Å²) in [6.07, 6.45) is 0. The minimum Gasteiger partial charge on any atom is -0.345 e. The molecule has 0 spiro atoms. The van der Waals surface area contributed by atoms with E-state index in [0.717, 1.165) is 5.56 Å². The molecular weight excluding hydrogens is 250 g/mol. The van der Waals surface area contributed by atoms with Gasteiger partial charge in [-0.15, -0.1) is 0 Å². The van der Waals surface area contributed by atoms with Crippen LogP contribution >= 0.6 is 0 Å². The van der Waals surface area contributed by atoms with Crippen LogP contribution in [0.2, 0.25) is 0 Å². The Hall–Kier alpha value is -2.62. The summed E-state index contributed by atoms with van der Waals surface area (Å²) in [4.78, 5) is 4.36. The maximum atomic E-state index is 5.26. The van der Waals surface area contributed by atoms with Crippen LogP contribution < -0.4 is 5.32 Å². The van der Waals surface area contributed by atoms with Gasteiger partial charge >= 0.3 is 0 Å². The average Bonchev–Trinajstić information content (AvgIpc) is 2.97. The van der Waals surface area contributed by atoms with E-state index in [9.17, 15) is 0 Å². The summed E-state index contributed by atoms with van der Waals surface area (Å²) in [6, 6.07) is 20.0. The van der Waals surface area contributed by atoms with Gasteiger partial charge in [-0.05, 0) is 29.8 Å². The molecule has 0 radical (unpaired) electrons. The van der Waals surface area contributed by atoms with Gasteiger partial charge in [0.25, 0.3) is 11.8 Å². The second-order valence-corrected chi connectivity index (χ2v) is 4.57. The van der Waals surface area contributed by atoms with Crippen molar-refractivity contribution >= 4 is 5.95 Å². The minimum atomic E-state index is 0.123. The van der Waals surface area contributed by atoms with Gasteiger partial charge < -0.3 is 9.84 Å². The van der Waals surface area contributed by atoms with Gasteiger partial charge in [-0.1, -0.05) is 48.5 Å². The normalized spacial score (nSPS) is 12.1. The lowest BCUT2D eigenvalue weighted by molar-refractivity contribution is 0.431. The van der Waals surface area contributed by atoms with E-state index in [1.165, 1.54) is 5.56 Å². The van der Waals surface area contributed by atoms with Gasteiger partial charge in [-0.2, -0.15) is 4.98 Å². The highest BCUT2D eigenvalue weighted by atomic mass is 16.5. The second kappa shape index (κ2) is 5.57. The zero-order valence-electron chi connectivity index (χ0n) is 11.2. The zero-order chi connectivity index (χ0) is 13.8. The van der Waals surface area contributed by atoms with Crippen LogP contribution in [0.3, 0.4) is 0 Å². The van der Waals surface area contributed by atoms with E-state index in [2.05, 4.69) is 34.5 Å². The van der Waals surface area contributed by atoms with E-state index in [4.69, 9.17) is 4.52 Å². The molecule has 1 aromatic heterocycles. The van der Waals surface area contributed by atoms with Crippen LogP contribution in [-0.2, 0) is 0 Å². The first-order chi connectivity index (χ1) is 9.83. The molecule has 1 atom stereocenters. The van der Waals surface area contributed by atoms with Gasteiger partial charge in [0.05, 0.1) is 6.04 Å². The highest BCUT2D eigenvalue weighted by molar-refractivity contribution is 5.53. The fraction of sp³-hybridized carbons (Fsp3) is 0.125. The SMILES string of the molecule is C[C@H](Nc1noc(-c2ccccc2)n1)c1ccccc1. The molecule has 1 heterocycles. The molecule has 3 rings (SSSR count). The van der Waals surface area contributed by atoms with Crippen molar-refractivity contribution in [3.63, 3.8) is 0 Å². The van der Waals surface area contributed by atoms with Crippen LogP contribution in [0, 0.1) is 0 Å². The van der Waals surface area contributed by atoms with Crippen LogP contribution in [0.25, 0.3) is 11.5 Å². The van der Waals surface area contributed by atoms with Crippen LogP contribution in [0.1, 0.15) is 18.5 Å². The smallest absolute Gasteiger partial charge is 0.264 e. The van der Waals surface area contributed by atoms with Gasteiger partial charge in [0, 0.05) is 5.56 Å². The zero-order valence-corrected chi connectivity index (χ0v) is 11.2. The molecule has 0 bridgehead atoms. The molecule has 0 aliphatic heterocycles. The van der Waals surface area contributed by atoms with Crippen LogP contribution in [0.5, 0.6) is 0 Å². The predicted molar refractivity (Wildman–Crippen MR) is 78.2 cm³/mol. The van der Waals surface area contributed by atoms with Gasteiger partial charge in [0.15, 0.2) is 0 Å². The molecule has 0 unspecified atom stereocenters. The molecule has 0 saturated heterocycles. The number of benzene rings is 2. The molecule has 0 saturated carbocycles. The highest BCUT2D eigenvalue weighted by Gasteiger charge is 2.11. The first kappa shape index (κ1) is 12.4. The van der Waals surface area contributed by atoms with Crippen molar-refractivity contribution in [2.75, 3.05) is 5.32 Å². The number of hydrogen-bond acceptors (Lipinski definition) is 4. The summed E-state index contributed by atoms with van der Waals surface area (Å²) in [5, 5.41) is 7.19. The Morgan fingerprint density at radius 2 is 1.60 bits per heavy atom. The van der Waals surface area contributed by atoms with E-state index in [0.29, 0.717) is 11.8 Å². The molecule has 0 fully saturated rings. The second-order valence-electron chi connectivity index (χ2n) is 4.57. The van der Waals surface area contributed by atoms with Crippen molar-refractivity contribution in [3.05, 3.63) is 66.2 Å². The average molecular weight is 265 g/mol. The first-order valence-corrected chi connectivity index (χ1v) is 6.53. The topological polar surface area (TPSA) is 51.0 Å². The van der Waals surface area contributed by atoms with E-state index in [-0.39, 0.29) is 6.04 Å². The molecule has 1 N–H and O–H groups in total. The molecule has 4 heteroatoms. The standard InChI is InChI=1S/C16H15N3O/c1-12(13-8-4-2-5-9-13)17-16-18-15(20-19-16)14-10-6-3-7-11-14/h2-12H,1H3,(H,17,19)/t12-/m0/s1. The summed E-state index contributed by atoms with van der Waals surface area (Å²) >= 11 is 0. The van der Waals surface area contributed by atoms with Gasteiger partial charge in [-0.25, -0.2) is 0 Å². The van der Waals surface area contributed by atoms with Crippen molar-refractivity contribution in [3.8, 4) is 11.5 Å².